The molecule has 0 saturated carbocycles. The molecule has 23 heavy (non-hydrogen) atoms. The fraction of sp³-hybridized carbons (Fsp3) is 0.611. The van der Waals surface area contributed by atoms with Gasteiger partial charge in [-0.1, -0.05) is 19.1 Å². The Hall–Kier alpha value is -1.62. The third kappa shape index (κ3) is 4.93. The normalized spacial score (nSPS) is 20.7. The van der Waals surface area contributed by atoms with Gasteiger partial charge >= 0.3 is 0 Å². The summed E-state index contributed by atoms with van der Waals surface area (Å²) in [6.07, 6.45) is 2.51. The molecule has 0 spiro atoms. The Bertz CT molecular complexity index is 512. The van der Waals surface area contributed by atoms with Crippen molar-refractivity contribution < 1.29 is 4.39 Å². The number of rotatable bonds is 4. The van der Waals surface area contributed by atoms with Crippen molar-refractivity contribution in [1.29, 1.82) is 0 Å². The summed E-state index contributed by atoms with van der Waals surface area (Å²) >= 11 is 0. The second-order valence-electron chi connectivity index (χ2n) is 6.65. The largest absolute Gasteiger partial charge is 0.354 e. The maximum Gasteiger partial charge on any atom is 0.193 e. The van der Waals surface area contributed by atoms with Crippen LogP contribution in [0.1, 0.15) is 31.4 Å². The molecule has 0 bridgehead atoms. The molecule has 1 aromatic rings. The highest BCUT2D eigenvalue weighted by Crippen LogP contribution is 2.19. The zero-order valence-electron chi connectivity index (χ0n) is 14.7. The minimum absolute atomic E-state index is 0.176. The monoisotopic (exact) mass is 320 g/mol. The number of benzene rings is 1. The van der Waals surface area contributed by atoms with E-state index in [1.807, 2.05) is 33.3 Å². The Morgan fingerprint density at radius 1 is 1.39 bits per heavy atom. The van der Waals surface area contributed by atoms with E-state index in [2.05, 4.69) is 27.0 Å². The lowest BCUT2D eigenvalue weighted by atomic mass is 10.0. The predicted octanol–water partition coefficient (Wildman–Crippen LogP) is 2.74. The van der Waals surface area contributed by atoms with Crippen LogP contribution in [0.3, 0.4) is 0 Å². The smallest absolute Gasteiger partial charge is 0.193 e. The van der Waals surface area contributed by atoms with Crippen molar-refractivity contribution in [3.05, 3.63) is 35.6 Å². The quantitative estimate of drug-likeness (QED) is 0.683. The molecule has 1 aromatic carbocycles. The first-order valence-corrected chi connectivity index (χ1v) is 8.38. The summed E-state index contributed by atoms with van der Waals surface area (Å²) < 4.78 is 13.1. The lowest BCUT2D eigenvalue weighted by molar-refractivity contribution is 0.258. The van der Waals surface area contributed by atoms with Crippen molar-refractivity contribution >= 4 is 5.96 Å². The summed E-state index contributed by atoms with van der Waals surface area (Å²) in [5.41, 5.74) is 1.10. The molecule has 4 nitrogen and oxygen atoms in total. The Morgan fingerprint density at radius 2 is 2.09 bits per heavy atom. The lowest BCUT2D eigenvalue weighted by Gasteiger charge is -2.35. The molecule has 128 valence electrons. The molecule has 1 aliphatic rings. The summed E-state index contributed by atoms with van der Waals surface area (Å²) in [6, 6.07) is 6.93. The van der Waals surface area contributed by atoms with E-state index in [4.69, 9.17) is 0 Å². The standard InChI is InChI=1S/C18H29FN4/c1-14-6-5-11-23(13-14)18(20-2)21-12-17(22(3)4)15-7-9-16(19)10-8-15/h7-10,14,17H,5-6,11-13H2,1-4H3,(H,20,21). The summed E-state index contributed by atoms with van der Waals surface area (Å²) in [4.78, 5) is 8.92. The molecule has 2 unspecified atom stereocenters. The van der Waals surface area contributed by atoms with E-state index in [1.54, 1.807) is 0 Å². The topological polar surface area (TPSA) is 30.9 Å². The number of nitrogens with zero attached hydrogens (tertiary/aromatic N) is 3. The molecule has 0 aliphatic carbocycles. The van der Waals surface area contributed by atoms with Crippen LogP contribution < -0.4 is 5.32 Å². The van der Waals surface area contributed by atoms with Gasteiger partial charge < -0.3 is 15.1 Å². The van der Waals surface area contributed by atoms with E-state index in [0.717, 1.165) is 31.2 Å². The number of hydrogen-bond acceptors (Lipinski definition) is 2. The number of halogens is 1. The minimum Gasteiger partial charge on any atom is -0.354 e. The van der Waals surface area contributed by atoms with Gasteiger partial charge in [-0.05, 0) is 50.6 Å². The SMILES string of the molecule is CN=C(NCC(c1ccc(F)cc1)N(C)C)N1CCCC(C)C1. The molecular formula is C18H29FN4. The second kappa shape index (κ2) is 8.29. The van der Waals surface area contributed by atoms with Gasteiger partial charge in [0.1, 0.15) is 5.82 Å². The van der Waals surface area contributed by atoms with Crippen LogP contribution in [0.15, 0.2) is 29.3 Å². The number of nitrogens with one attached hydrogen (secondary N) is 1. The molecule has 0 amide bonds. The second-order valence-corrected chi connectivity index (χ2v) is 6.65. The number of piperidine rings is 1. The molecule has 1 saturated heterocycles. The van der Waals surface area contributed by atoms with E-state index in [0.29, 0.717) is 5.92 Å². The molecule has 1 fully saturated rings. The molecule has 2 atom stereocenters. The molecule has 0 radical (unpaired) electrons. The number of guanidine groups is 1. The summed E-state index contributed by atoms with van der Waals surface area (Å²) in [7, 11) is 5.92. The maximum atomic E-state index is 13.1. The van der Waals surface area contributed by atoms with Crippen LogP contribution in [0.2, 0.25) is 0 Å². The first kappa shape index (κ1) is 17.7. The molecule has 5 heteroatoms. The van der Waals surface area contributed by atoms with Gasteiger partial charge in [-0.25, -0.2) is 4.39 Å². The van der Waals surface area contributed by atoms with Crippen molar-refractivity contribution in [2.45, 2.75) is 25.8 Å². The Balaban J connectivity index is 2.01. The molecular weight excluding hydrogens is 291 g/mol. The molecule has 1 heterocycles. The van der Waals surface area contributed by atoms with Crippen LogP contribution in [-0.2, 0) is 0 Å². The van der Waals surface area contributed by atoms with E-state index >= 15 is 0 Å². The number of likely N-dealkylation sites (tertiary alicyclic amines) is 1. The third-order valence-electron chi connectivity index (χ3n) is 4.50. The highest BCUT2D eigenvalue weighted by atomic mass is 19.1. The van der Waals surface area contributed by atoms with Crippen LogP contribution >= 0.6 is 0 Å². The molecule has 1 N–H and O–H groups in total. The summed E-state index contributed by atoms with van der Waals surface area (Å²) in [6.45, 7) is 5.16. The first-order chi connectivity index (χ1) is 11.0. The highest BCUT2D eigenvalue weighted by Gasteiger charge is 2.21. The van der Waals surface area contributed by atoms with Gasteiger partial charge in [0.15, 0.2) is 5.96 Å². The fourth-order valence-electron chi connectivity index (χ4n) is 3.19. The van der Waals surface area contributed by atoms with Gasteiger partial charge in [-0.15, -0.1) is 0 Å². The van der Waals surface area contributed by atoms with Gasteiger partial charge in [0.05, 0.1) is 6.04 Å². The number of hydrogen-bond donors (Lipinski definition) is 1. The van der Waals surface area contributed by atoms with Crippen LogP contribution in [0.4, 0.5) is 4.39 Å². The van der Waals surface area contributed by atoms with Crippen LogP contribution in [0.5, 0.6) is 0 Å². The van der Waals surface area contributed by atoms with Crippen LogP contribution in [0.25, 0.3) is 0 Å². The maximum absolute atomic E-state index is 13.1. The minimum atomic E-state index is -0.197. The zero-order chi connectivity index (χ0) is 16.8. The van der Waals surface area contributed by atoms with Gasteiger partial charge in [0.25, 0.3) is 0 Å². The van der Waals surface area contributed by atoms with E-state index in [-0.39, 0.29) is 11.9 Å². The predicted molar refractivity (Wildman–Crippen MR) is 94.2 cm³/mol. The summed E-state index contributed by atoms with van der Waals surface area (Å²) in [5, 5.41) is 3.49. The molecule has 2 rings (SSSR count). The van der Waals surface area contributed by atoms with E-state index < -0.39 is 0 Å². The van der Waals surface area contributed by atoms with Gasteiger partial charge in [-0.2, -0.15) is 0 Å². The van der Waals surface area contributed by atoms with Gasteiger partial charge in [0.2, 0.25) is 0 Å². The van der Waals surface area contributed by atoms with Gasteiger partial charge in [0, 0.05) is 26.7 Å². The Labute approximate surface area is 139 Å². The number of aliphatic imine (C=N–C) groups is 1. The van der Waals surface area contributed by atoms with Crippen LogP contribution in [-0.4, -0.2) is 56.5 Å². The molecule has 0 aromatic heterocycles. The third-order valence-corrected chi connectivity index (χ3v) is 4.50. The average molecular weight is 320 g/mol. The number of likely N-dealkylation sites (N-methyl/N-ethyl adjacent to an activating group) is 1. The summed E-state index contributed by atoms with van der Waals surface area (Å²) in [5.74, 6) is 1.48. The average Bonchev–Trinajstić information content (AvgIpc) is 2.52. The lowest BCUT2D eigenvalue weighted by Crippen LogP contribution is -2.48. The van der Waals surface area contributed by atoms with Gasteiger partial charge in [-0.3, -0.25) is 4.99 Å². The van der Waals surface area contributed by atoms with Crippen molar-refractivity contribution in [1.82, 2.24) is 15.1 Å². The highest BCUT2D eigenvalue weighted by molar-refractivity contribution is 5.80. The van der Waals surface area contributed by atoms with E-state index in [9.17, 15) is 4.39 Å². The Kier molecular flexibility index (Phi) is 6.39. The van der Waals surface area contributed by atoms with Crippen molar-refractivity contribution in [3.63, 3.8) is 0 Å². The van der Waals surface area contributed by atoms with Crippen molar-refractivity contribution in [2.24, 2.45) is 10.9 Å². The Morgan fingerprint density at radius 3 is 2.65 bits per heavy atom. The van der Waals surface area contributed by atoms with Crippen LogP contribution in [0, 0.1) is 11.7 Å². The first-order valence-electron chi connectivity index (χ1n) is 8.38. The zero-order valence-corrected chi connectivity index (χ0v) is 14.7. The fourth-order valence-corrected chi connectivity index (χ4v) is 3.19. The van der Waals surface area contributed by atoms with Crippen molar-refractivity contribution in [3.8, 4) is 0 Å². The van der Waals surface area contributed by atoms with E-state index in [1.165, 1.54) is 25.0 Å². The molecule has 1 aliphatic heterocycles. The van der Waals surface area contributed by atoms with Crippen molar-refractivity contribution in [2.75, 3.05) is 40.8 Å².